The van der Waals surface area contributed by atoms with E-state index in [2.05, 4.69) is 31.0 Å². The minimum atomic E-state index is 0.606. The van der Waals surface area contributed by atoms with Crippen LogP contribution in [-0.2, 0) is 4.74 Å². The molecular weight excluding hydrogens is 200 g/mol. The summed E-state index contributed by atoms with van der Waals surface area (Å²) in [6, 6.07) is 1.28. The van der Waals surface area contributed by atoms with Crippen molar-refractivity contribution in [3.63, 3.8) is 0 Å². The molecule has 1 rings (SSSR count). The lowest BCUT2D eigenvalue weighted by molar-refractivity contribution is 0.114. The van der Waals surface area contributed by atoms with E-state index in [1.165, 1.54) is 19.4 Å². The van der Waals surface area contributed by atoms with Gasteiger partial charge in [0.1, 0.15) is 0 Å². The van der Waals surface area contributed by atoms with Gasteiger partial charge in [0.15, 0.2) is 0 Å². The summed E-state index contributed by atoms with van der Waals surface area (Å²) in [4.78, 5) is 2.51. The average Bonchev–Trinajstić information content (AvgIpc) is 2.24. The second-order valence-electron chi connectivity index (χ2n) is 5.36. The molecule has 0 saturated carbocycles. The molecule has 0 aromatic carbocycles. The molecule has 2 atom stereocenters. The number of piperidine rings is 1. The van der Waals surface area contributed by atoms with Crippen molar-refractivity contribution in [3.8, 4) is 0 Å². The van der Waals surface area contributed by atoms with Crippen LogP contribution < -0.4 is 5.32 Å². The van der Waals surface area contributed by atoms with Crippen molar-refractivity contribution >= 4 is 0 Å². The van der Waals surface area contributed by atoms with E-state index in [4.69, 9.17) is 4.74 Å². The Balaban J connectivity index is 2.34. The maximum atomic E-state index is 5.17. The standard InChI is InChI=1S/C13H28N2O/c1-11(2)15(7-8-16-4)10-13-9-12(3)5-6-14-13/h11-14H,5-10H2,1-4H3. The Morgan fingerprint density at radius 3 is 2.75 bits per heavy atom. The summed E-state index contributed by atoms with van der Waals surface area (Å²) in [5.74, 6) is 0.877. The smallest absolute Gasteiger partial charge is 0.0589 e. The zero-order valence-electron chi connectivity index (χ0n) is 11.3. The first kappa shape index (κ1) is 13.9. The molecule has 0 bridgehead atoms. The van der Waals surface area contributed by atoms with Crippen molar-refractivity contribution in [2.24, 2.45) is 5.92 Å². The molecule has 3 heteroatoms. The Bertz CT molecular complexity index is 185. The minimum Gasteiger partial charge on any atom is -0.383 e. The summed E-state index contributed by atoms with van der Waals surface area (Å²) in [6.45, 7) is 11.1. The molecule has 1 aliphatic rings. The quantitative estimate of drug-likeness (QED) is 0.749. The zero-order valence-corrected chi connectivity index (χ0v) is 11.3. The average molecular weight is 228 g/mol. The second kappa shape index (κ2) is 7.25. The second-order valence-corrected chi connectivity index (χ2v) is 5.36. The molecule has 0 amide bonds. The summed E-state index contributed by atoms with van der Waals surface area (Å²) < 4.78 is 5.17. The van der Waals surface area contributed by atoms with Crippen molar-refractivity contribution in [2.75, 3.05) is 33.4 Å². The number of hydrogen-bond acceptors (Lipinski definition) is 3. The van der Waals surface area contributed by atoms with Gasteiger partial charge in [0, 0.05) is 32.3 Å². The molecule has 0 aliphatic carbocycles. The molecular formula is C13H28N2O. The Kier molecular flexibility index (Phi) is 6.32. The fourth-order valence-electron chi connectivity index (χ4n) is 2.41. The van der Waals surface area contributed by atoms with Gasteiger partial charge in [0.05, 0.1) is 6.61 Å². The molecule has 96 valence electrons. The topological polar surface area (TPSA) is 24.5 Å². The van der Waals surface area contributed by atoms with Crippen LogP contribution in [0.4, 0.5) is 0 Å². The van der Waals surface area contributed by atoms with Gasteiger partial charge in [-0.2, -0.15) is 0 Å². The van der Waals surface area contributed by atoms with Gasteiger partial charge in [-0.1, -0.05) is 6.92 Å². The van der Waals surface area contributed by atoms with Gasteiger partial charge in [-0.3, -0.25) is 4.90 Å². The van der Waals surface area contributed by atoms with Crippen molar-refractivity contribution in [1.29, 1.82) is 0 Å². The van der Waals surface area contributed by atoms with E-state index in [1.54, 1.807) is 7.11 Å². The molecule has 1 N–H and O–H groups in total. The first-order chi connectivity index (χ1) is 7.63. The highest BCUT2D eigenvalue weighted by Crippen LogP contribution is 2.16. The zero-order chi connectivity index (χ0) is 12.0. The van der Waals surface area contributed by atoms with Crippen LogP contribution in [0.5, 0.6) is 0 Å². The van der Waals surface area contributed by atoms with Crippen LogP contribution in [-0.4, -0.2) is 50.3 Å². The summed E-state index contributed by atoms with van der Waals surface area (Å²) >= 11 is 0. The van der Waals surface area contributed by atoms with Gasteiger partial charge in [-0.15, -0.1) is 0 Å². The van der Waals surface area contributed by atoms with Crippen LogP contribution in [0.15, 0.2) is 0 Å². The van der Waals surface area contributed by atoms with Crippen LogP contribution in [0.25, 0.3) is 0 Å². The molecule has 0 spiro atoms. The molecule has 1 saturated heterocycles. The van der Waals surface area contributed by atoms with Crippen LogP contribution >= 0.6 is 0 Å². The highest BCUT2D eigenvalue weighted by atomic mass is 16.5. The van der Waals surface area contributed by atoms with E-state index in [9.17, 15) is 0 Å². The Hall–Kier alpha value is -0.120. The first-order valence-electron chi connectivity index (χ1n) is 6.59. The lowest BCUT2D eigenvalue weighted by Crippen LogP contribution is -2.48. The van der Waals surface area contributed by atoms with Gasteiger partial charge in [0.2, 0.25) is 0 Å². The molecule has 1 fully saturated rings. The number of nitrogens with zero attached hydrogens (tertiary/aromatic N) is 1. The van der Waals surface area contributed by atoms with Crippen molar-refractivity contribution < 1.29 is 4.74 Å². The van der Waals surface area contributed by atoms with Crippen molar-refractivity contribution in [3.05, 3.63) is 0 Å². The monoisotopic (exact) mass is 228 g/mol. The summed E-state index contributed by atoms with van der Waals surface area (Å²) in [6.07, 6.45) is 2.65. The Morgan fingerprint density at radius 2 is 2.19 bits per heavy atom. The molecule has 0 aromatic rings. The van der Waals surface area contributed by atoms with Crippen LogP contribution in [0.2, 0.25) is 0 Å². The lowest BCUT2D eigenvalue weighted by Gasteiger charge is -2.34. The third-order valence-electron chi connectivity index (χ3n) is 3.52. The number of hydrogen-bond donors (Lipinski definition) is 1. The van der Waals surface area contributed by atoms with Gasteiger partial charge >= 0.3 is 0 Å². The molecule has 3 nitrogen and oxygen atoms in total. The predicted octanol–water partition coefficient (Wildman–Crippen LogP) is 1.73. The number of ether oxygens (including phenoxy) is 1. The van der Waals surface area contributed by atoms with Gasteiger partial charge < -0.3 is 10.1 Å². The molecule has 16 heavy (non-hydrogen) atoms. The van der Waals surface area contributed by atoms with E-state index in [-0.39, 0.29) is 0 Å². The highest BCUT2D eigenvalue weighted by molar-refractivity contribution is 4.80. The Labute approximate surface area is 101 Å². The number of methoxy groups -OCH3 is 1. The summed E-state index contributed by atoms with van der Waals surface area (Å²) in [5.41, 5.74) is 0. The third kappa shape index (κ3) is 4.81. The van der Waals surface area contributed by atoms with E-state index < -0.39 is 0 Å². The predicted molar refractivity (Wildman–Crippen MR) is 68.8 cm³/mol. The van der Waals surface area contributed by atoms with Crippen LogP contribution in [0.1, 0.15) is 33.6 Å². The fourth-order valence-corrected chi connectivity index (χ4v) is 2.41. The minimum absolute atomic E-state index is 0.606. The molecule has 0 radical (unpaired) electrons. The summed E-state index contributed by atoms with van der Waals surface area (Å²) in [7, 11) is 1.78. The molecule has 0 aromatic heterocycles. The van der Waals surface area contributed by atoms with E-state index in [1.807, 2.05) is 0 Å². The SMILES string of the molecule is COCCN(CC1CC(C)CCN1)C(C)C. The van der Waals surface area contributed by atoms with E-state index in [0.717, 1.165) is 25.6 Å². The van der Waals surface area contributed by atoms with Crippen LogP contribution in [0, 0.1) is 5.92 Å². The van der Waals surface area contributed by atoms with Gasteiger partial charge in [0.25, 0.3) is 0 Å². The van der Waals surface area contributed by atoms with Gasteiger partial charge in [-0.05, 0) is 39.2 Å². The van der Waals surface area contributed by atoms with E-state index >= 15 is 0 Å². The van der Waals surface area contributed by atoms with Gasteiger partial charge in [-0.25, -0.2) is 0 Å². The number of nitrogens with one attached hydrogen (secondary N) is 1. The summed E-state index contributed by atoms with van der Waals surface area (Å²) in [5, 5.41) is 3.63. The van der Waals surface area contributed by atoms with Crippen molar-refractivity contribution in [1.82, 2.24) is 10.2 Å². The molecule has 2 unspecified atom stereocenters. The molecule has 1 aliphatic heterocycles. The van der Waals surface area contributed by atoms with Crippen molar-refractivity contribution in [2.45, 2.75) is 45.7 Å². The molecule has 1 heterocycles. The lowest BCUT2D eigenvalue weighted by atomic mass is 9.94. The largest absolute Gasteiger partial charge is 0.383 e. The maximum Gasteiger partial charge on any atom is 0.0589 e. The number of rotatable bonds is 6. The first-order valence-corrected chi connectivity index (χ1v) is 6.59. The maximum absolute atomic E-state index is 5.17. The van der Waals surface area contributed by atoms with E-state index in [0.29, 0.717) is 12.1 Å². The third-order valence-corrected chi connectivity index (χ3v) is 3.52. The normalized spacial score (nSPS) is 26.6. The Morgan fingerprint density at radius 1 is 1.44 bits per heavy atom. The fraction of sp³-hybridized carbons (Fsp3) is 1.00. The highest BCUT2D eigenvalue weighted by Gasteiger charge is 2.21. The van der Waals surface area contributed by atoms with Crippen LogP contribution in [0.3, 0.4) is 0 Å².